The third kappa shape index (κ3) is 4.50. The maximum absolute atomic E-state index is 12.1. The zero-order valence-electron chi connectivity index (χ0n) is 14.1. The molecule has 0 bridgehead atoms. The van der Waals surface area contributed by atoms with Crippen molar-refractivity contribution in [3.63, 3.8) is 0 Å². The van der Waals surface area contributed by atoms with E-state index in [-0.39, 0.29) is 22.4 Å². The SMILES string of the molecule is COc1cc(N=Cc2cc(Br)cc(Cl)c2O)ccc1NC(=O)c1ccco1. The number of benzene rings is 2. The monoisotopic (exact) mass is 448 g/mol. The Labute approximate surface area is 168 Å². The number of phenolic OH excluding ortho intramolecular Hbond substituents is 1. The first-order valence-corrected chi connectivity index (χ1v) is 8.90. The second-order valence-electron chi connectivity index (χ2n) is 5.40. The zero-order chi connectivity index (χ0) is 19.4. The molecule has 1 aromatic heterocycles. The van der Waals surface area contributed by atoms with Gasteiger partial charge in [0, 0.05) is 22.3 Å². The van der Waals surface area contributed by atoms with Crippen LogP contribution in [0.3, 0.4) is 0 Å². The van der Waals surface area contributed by atoms with E-state index in [4.69, 9.17) is 20.8 Å². The number of ether oxygens (including phenoxy) is 1. The summed E-state index contributed by atoms with van der Waals surface area (Å²) in [4.78, 5) is 16.4. The van der Waals surface area contributed by atoms with Crippen LogP contribution in [0.4, 0.5) is 11.4 Å². The van der Waals surface area contributed by atoms with Crippen molar-refractivity contribution >= 4 is 51.0 Å². The van der Waals surface area contributed by atoms with Gasteiger partial charge in [0.05, 0.1) is 29.8 Å². The van der Waals surface area contributed by atoms with Crippen molar-refractivity contribution in [2.45, 2.75) is 0 Å². The summed E-state index contributed by atoms with van der Waals surface area (Å²) in [7, 11) is 1.49. The third-order valence-electron chi connectivity index (χ3n) is 3.59. The van der Waals surface area contributed by atoms with E-state index in [1.54, 1.807) is 42.5 Å². The lowest BCUT2D eigenvalue weighted by molar-refractivity contribution is 0.0996. The van der Waals surface area contributed by atoms with Crippen LogP contribution in [0, 0.1) is 0 Å². The summed E-state index contributed by atoms with van der Waals surface area (Å²) in [6.45, 7) is 0. The molecule has 0 fully saturated rings. The molecular formula is C19H14BrClN2O4. The Balaban J connectivity index is 1.83. The number of nitrogens with zero attached hydrogens (tertiary/aromatic N) is 1. The molecule has 8 heteroatoms. The number of hydrogen-bond donors (Lipinski definition) is 2. The number of aliphatic imine (C=N–C) groups is 1. The van der Waals surface area contributed by atoms with E-state index < -0.39 is 0 Å². The lowest BCUT2D eigenvalue weighted by Crippen LogP contribution is -2.11. The summed E-state index contributed by atoms with van der Waals surface area (Å²) < 4.78 is 11.1. The average molecular weight is 450 g/mol. The fourth-order valence-corrected chi connectivity index (χ4v) is 3.12. The number of carbonyl (C=O) groups is 1. The fraction of sp³-hybridized carbons (Fsp3) is 0.0526. The Kier molecular flexibility index (Phi) is 5.83. The van der Waals surface area contributed by atoms with Crippen LogP contribution >= 0.6 is 27.5 Å². The van der Waals surface area contributed by atoms with Crippen LogP contribution in [0.1, 0.15) is 16.1 Å². The van der Waals surface area contributed by atoms with Gasteiger partial charge in [-0.2, -0.15) is 0 Å². The number of furan rings is 1. The molecule has 0 unspecified atom stereocenters. The maximum Gasteiger partial charge on any atom is 0.291 e. The van der Waals surface area contributed by atoms with E-state index in [1.165, 1.54) is 19.6 Å². The summed E-state index contributed by atoms with van der Waals surface area (Å²) in [5.41, 5.74) is 1.51. The largest absolute Gasteiger partial charge is 0.506 e. The first kappa shape index (κ1) is 19.0. The second-order valence-corrected chi connectivity index (χ2v) is 6.72. The summed E-state index contributed by atoms with van der Waals surface area (Å²) in [5, 5.41) is 12.9. The van der Waals surface area contributed by atoms with Gasteiger partial charge in [0.25, 0.3) is 5.91 Å². The number of carbonyl (C=O) groups excluding carboxylic acids is 1. The highest BCUT2D eigenvalue weighted by atomic mass is 79.9. The first-order chi connectivity index (χ1) is 13.0. The Hall–Kier alpha value is -2.77. The van der Waals surface area contributed by atoms with Crippen LogP contribution in [0.25, 0.3) is 0 Å². The van der Waals surface area contributed by atoms with E-state index in [1.807, 2.05) is 0 Å². The molecule has 0 radical (unpaired) electrons. The van der Waals surface area contributed by atoms with Gasteiger partial charge in [-0.25, -0.2) is 0 Å². The molecule has 6 nitrogen and oxygen atoms in total. The molecule has 0 aliphatic rings. The van der Waals surface area contributed by atoms with Gasteiger partial charge >= 0.3 is 0 Å². The van der Waals surface area contributed by atoms with E-state index in [9.17, 15) is 9.90 Å². The van der Waals surface area contributed by atoms with Crippen LogP contribution in [0.5, 0.6) is 11.5 Å². The van der Waals surface area contributed by atoms with Gasteiger partial charge in [-0.05, 0) is 36.4 Å². The normalized spacial score (nSPS) is 10.9. The highest BCUT2D eigenvalue weighted by Crippen LogP contribution is 2.32. The first-order valence-electron chi connectivity index (χ1n) is 7.73. The summed E-state index contributed by atoms with van der Waals surface area (Å²) in [5.74, 6) is 0.184. The number of rotatable bonds is 5. The van der Waals surface area contributed by atoms with Gasteiger partial charge in [-0.3, -0.25) is 9.79 Å². The number of halogens is 2. The van der Waals surface area contributed by atoms with Crippen LogP contribution in [-0.2, 0) is 0 Å². The fourth-order valence-electron chi connectivity index (χ4n) is 2.28. The van der Waals surface area contributed by atoms with Gasteiger partial charge in [-0.15, -0.1) is 0 Å². The van der Waals surface area contributed by atoms with Crippen LogP contribution in [-0.4, -0.2) is 24.3 Å². The van der Waals surface area contributed by atoms with E-state index in [0.29, 0.717) is 22.7 Å². The number of aromatic hydroxyl groups is 1. The molecule has 1 amide bonds. The molecular weight excluding hydrogens is 436 g/mol. The standard InChI is InChI=1S/C19H14BrClN2O4/c1-26-17-9-13(22-10-11-7-12(20)8-14(21)18(11)24)4-5-15(17)23-19(25)16-3-2-6-27-16/h2-10,24H,1H3,(H,23,25). The molecule has 0 atom stereocenters. The molecule has 2 aromatic carbocycles. The second kappa shape index (κ2) is 8.28. The Morgan fingerprint density at radius 3 is 2.85 bits per heavy atom. The Morgan fingerprint density at radius 2 is 2.15 bits per heavy atom. The number of methoxy groups -OCH3 is 1. The number of phenols is 1. The predicted octanol–water partition coefficient (Wildman–Crippen LogP) is 5.41. The zero-order valence-corrected chi connectivity index (χ0v) is 16.4. The maximum atomic E-state index is 12.1. The third-order valence-corrected chi connectivity index (χ3v) is 4.33. The van der Waals surface area contributed by atoms with Crippen LogP contribution in [0.2, 0.25) is 5.02 Å². The lowest BCUT2D eigenvalue weighted by Gasteiger charge is -2.10. The molecule has 138 valence electrons. The van der Waals surface area contributed by atoms with Crippen molar-refractivity contribution in [1.29, 1.82) is 0 Å². The molecule has 3 aromatic rings. The van der Waals surface area contributed by atoms with Crippen LogP contribution < -0.4 is 10.1 Å². The quantitative estimate of drug-likeness (QED) is 0.510. The van der Waals surface area contributed by atoms with E-state index >= 15 is 0 Å². The minimum absolute atomic E-state index is 0.0575. The summed E-state index contributed by atoms with van der Waals surface area (Å²) in [6, 6.07) is 11.5. The van der Waals surface area contributed by atoms with E-state index in [2.05, 4.69) is 26.2 Å². The average Bonchev–Trinajstić information content (AvgIpc) is 3.19. The number of amides is 1. The lowest BCUT2D eigenvalue weighted by atomic mass is 10.2. The summed E-state index contributed by atoms with van der Waals surface area (Å²) in [6.07, 6.45) is 2.91. The number of nitrogens with one attached hydrogen (secondary N) is 1. The molecule has 2 N–H and O–H groups in total. The number of hydrogen-bond acceptors (Lipinski definition) is 5. The molecule has 0 saturated carbocycles. The van der Waals surface area contributed by atoms with Crippen molar-refractivity contribution in [1.82, 2.24) is 0 Å². The Bertz CT molecular complexity index is 1000. The molecule has 0 aliphatic carbocycles. The van der Waals surface area contributed by atoms with Gasteiger partial charge < -0.3 is 19.6 Å². The highest BCUT2D eigenvalue weighted by molar-refractivity contribution is 9.10. The summed E-state index contributed by atoms with van der Waals surface area (Å²) >= 11 is 9.27. The molecule has 3 rings (SSSR count). The molecule has 0 aliphatic heterocycles. The van der Waals surface area contributed by atoms with Gasteiger partial charge in [0.15, 0.2) is 5.76 Å². The van der Waals surface area contributed by atoms with Gasteiger partial charge in [0.1, 0.15) is 11.5 Å². The number of anilines is 1. The smallest absolute Gasteiger partial charge is 0.291 e. The highest BCUT2D eigenvalue weighted by Gasteiger charge is 2.12. The van der Waals surface area contributed by atoms with Crippen molar-refractivity contribution in [2.24, 2.45) is 4.99 Å². The minimum Gasteiger partial charge on any atom is -0.506 e. The topological polar surface area (TPSA) is 84.1 Å². The molecule has 27 heavy (non-hydrogen) atoms. The van der Waals surface area contributed by atoms with Gasteiger partial charge in [-0.1, -0.05) is 27.5 Å². The van der Waals surface area contributed by atoms with Crippen LogP contribution in [0.15, 0.2) is 62.6 Å². The van der Waals surface area contributed by atoms with Crippen molar-refractivity contribution in [3.05, 3.63) is 69.5 Å². The molecule has 0 saturated heterocycles. The van der Waals surface area contributed by atoms with Crippen molar-refractivity contribution in [2.75, 3.05) is 12.4 Å². The van der Waals surface area contributed by atoms with E-state index in [0.717, 1.165) is 4.47 Å². The van der Waals surface area contributed by atoms with Crippen molar-refractivity contribution < 1.29 is 19.1 Å². The molecule has 1 heterocycles. The van der Waals surface area contributed by atoms with Crippen molar-refractivity contribution in [3.8, 4) is 11.5 Å². The van der Waals surface area contributed by atoms with Gasteiger partial charge in [0.2, 0.25) is 0 Å². The minimum atomic E-state index is -0.386. The predicted molar refractivity (Wildman–Crippen MR) is 108 cm³/mol. The Morgan fingerprint density at radius 1 is 1.33 bits per heavy atom. The molecule has 0 spiro atoms.